The van der Waals surface area contributed by atoms with Crippen molar-refractivity contribution in [2.24, 2.45) is 0 Å². The first-order valence-electron chi connectivity index (χ1n) is 4.46. The van der Waals surface area contributed by atoms with Crippen LogP contribution < -0.4 is 4.74 Å². The van der Waals surface area contributed by atoms with Gasteiger partial charge in [0.1, 0.15) is 0 Å². The summed E-state index contributed by atoms with van der Waals surface area (Å²) in [6.07, 6.45) is 5.49. The van der Waals surface area contributed by atoms with Crippen molar-refractivity contribution in [1.29, 1.82) is 0 Å². The predicted molar refractivity (Wildman–Crippen MR) is 56.8 cm³/mol. The zero-order valence-corrected chi connectivity index (χ0v) is 8.40. The summed E-state index contributed by atoms with van der Waals surface area (Å²) in [5, 5.41) is 10.7. The molecule has 0 N–H and O–H groups in total. The van der Waals surface area contributed by atoms with Crippen LogP contribution in [0.5, 0.6) is 5.75 Å². The number of aryl methyl sites for hydroxylation is 1. The molecule has 0 fully saturated rings. The highest BCUT2D eigenvalue weighted by Crippen LogP contribution is 2.27. The summed E-state index contributed by atoms with van der Waals surface area (Å²) in [4.78, 5) is 10.2. The van der Waals surface area contributed by atoms with Crippen molar-refractivity contribution in [2.45, 2.75) is 13.3 Å². The number of hydrogen-bond acceptors (Lipinski definition) is 3. The van der Waals surface area contributed by atoms with E-state index in [1.54, 1.807) is 19.1 Å². The number of nitrogens with zero attached hydrogens (tertiary/aromatic N) is 1. The number of benzene rings is 1. The zero-order valence-electron chi connectivity index (χ0n) is 8.40. The second-order valence-electron chi connectivity index (χ2n) is 3.03. The molecule has 0 saturated carbocycles. The fourth-order valence-corrected chi connectivity index (χ4v) is 1.11. The van der Waals surface area contributed by atoms with Gasteiger partial charge < -0.3 is 4.74 Å². The molecule has 1 aromatic carbocycles. The van der Waals surface area contributed by atoms with E-state index in [0.29, 0.717) is 13.0 Å². The lowest BCUT2D eigenvalue weighted by Crippen LogP contribution is -2.00. The van der Waals surface area contributed by atoms with Crippen molar-refractivity contribution in [2.75, 3.05) is 6.61 Å². The molecule has 0 saturated heterocycles. The third kappa shape index (κ3) is 2.99. The van der Waals surface area contributed by atoms with E-state index in [-0.39, 0.29) is 11.4 Å². The zero-order chi connectivity index (χ0) is 11.3. The molecular weight excluding hydrogens is 194 g/mol. The molecule has 0 radical (unpaired) electrons. The number of nitro benzene ring substituents is 1. The highest BCUT2D eigenvalue weighted by atomic mass is 16.6. The number of terminal acetylenes is 1. The van der Waals surface area contributed by atoms with Crippen molar-refractivity contribution in [3.8, 4) is 18.1 Å². The first kappa shape index (κ1) is 11.1. The van der Waals surface area contributed by atoms with Gasteiger partial charge in [0.25, 0.3) is 0 Å². The number of rotatable bonds is 4. The Bertz CT molecular complexity index is 407. The van der Waals surface area contributed by atoms with E-state index in [1.807, 2.05) is 0 Å². The van der Waals surface area contributed by atoms with E-state index in [1.165, 1.54) is 6.07 Å². The normalized spacial score (nSPS) is 9.33. The van der Waals surface area contributed by atoms with E-state index in [2.05, 4.69) is 5.92 Å². The summed E-state index contributed by atoms with van der Waals surface area (Å²) in [5.74, 6) is 2.67. The first-order chi connectivity index (χ1) is 7.15. The Hall–Kier alpha value is -2.02. The maximum atomic E-state index is 10.7. The van der Waals surface area contributed by atoms with Crippen LogP contribution in [-0.4, -0.2) is 11.5 Å². The minimum absolute atomic E-state index is 0.0213. The van der Waals surface area contributed by atoms with Gasteiger partial charge in [0, 0.05) is 12.5 Å². The van der Waals surface area contributed by atoms with Crippen LogP contribution in [0.1, 0.15) is 12.0 Å². The minimum atomic E-state index is -0.460. The average Bonchev–Trinajstić information content (AvgIpc) is 2.20. The van der Waals surface area contributed by atoms with Crippen LogP contribution in [0.3, 0.4) is 0 Å². The lowest BCUT2D eigenvalue weighted by atomic mass is 10.2. The second-order valence-corrected chi connectivity index (χ2v) is 3.03. The molecule has 0 spiro atoms. The molecule has 0 unspecified atom stereocenters. The summed E-state index contributed by atoms with van der Waals surface area (Å²) in [5.41, 5.74) is 0.804. The van der Waals surface area contributed by atoms with Crippen LogP contribution in [0.4, 0.5) is 5.69 Å². The maximum absolute atomic E-state index is 10.7. The van der Waals surface area contributed by atoms with Gasteiger partial charge in [-0.2, -0.15) is 0 Å². The van der Waals surface area contributed by atoms with Crippen LogP contribution in [0.25, 0.3) is 0 Å². The van der Waals surface area contributed by atoms with Crippen LogP contribution in [0.15, 0.2) is 18.2 Å². The van der Waals surface area contributed by atoms with Gasteiger partial charge in [0.15, 0.2) is 5.75 Å². The Kier molecular flexibility index (Phi) is 3.69. The molecule has 15 heavy (non-hydrogen) atoms. The molecule has 4 heteroatoms. The Labute approximate surface area is 88.0 Å². The van der Waals surface area contributed by atoms with Gasteiger partial charge in [0.05, 0.1) is 11.5 Å². The van der Waals surface area contributed by atoms with Crippen molar-refractivity contribution in [3.05, 3.63) is 33.9 Å². The predicted octanol–water partition coefficient (Wildman–Crippen LogP) is 2.31. The van der Waals surface area contributed by atoms with Gasteiger partial charge in [-0.3, -0.25) is 10.1 Å². The van der Waals surface area contributed by atoms with Gasteiger partial charge in [-0.15, -0.1) is 12.3 Å². The van der Waals surface area contributed by atoms with Crippen molar-refractivity contribution < 1.29 is 9.66 Å². The highest BCUT2D eigenvalue weighted by molar-refractivity contribution is 5.48. The molecule has 4 nitrogen and oxygen atoms in total. The van der Waals surface area contributed by atoms with Crippen LogP contribution in [0.2, 0.25) is 0 Å². The molecule has 0 aliphatic heterocycles. The maximum Gasteiger partial charge on any atom is 0.311 e. The average molecular weight is 205 g/mol. The standard InChI is InChI=1S/C11H11NO3/c1-3-4-7-15-11-6-5-9(2)8-10(11)12(13)14/h1,5-6,8H,4,7H2,2H3. The SMILES string of the molecule is C#CCCOc1ccc(C)cc1[N+](=O)[O-]. The Morgan fingerprint density at radius 3 is 2.93 bits per heavy atom. The summed E-state index contributed by atoms with van der Waals surface area (Å²) < 4.78 is 5.21. The fraction of sp³-hybridized carbons (Fsp3) is 0.273. The first-order valence-corrected chi connectivity index (χ1v) is 4.46. The molecule has 78 valence electrons. The monoisotopic (exact) mass is 205 g/mol. The van der Waals surface area contributed by atoms with Crippen LogP contribution in [-0.2, 0) is 0 Å². The summed E-state index contributed by atoms with van der Waals surface area (Å²) >= 11 is 0. The molecule has 0 heterocycles. The van der Waals surface area contributed by atoms with Crippen molar-refractivity contribution >= 4 is 5.69 Å². The molecule has 1 aromatic rings. The summed E-state index contributed by atoms with van der Waals surface area (Å²) in [7, 11) is 0. The topological polar surface area (TPSA) is 52.4 Å². The number of ether oxygens (including phenoxy) is 1. The van der Waals surface area contributed by atoms with Gasteiger partial charge >= 0.3 is 5.69 Å². The molecule has 0 aliphatic carbocycles. The lowest BCUT2D eigenvalue weighted by molar-refractivity contribution is -0.385. The van der Waals surface area contributed by atoms with Gasteiger partial charge in [-0.05, 0) is 18.6 Å². The molecule has 0 amide bonds. The Balaban J connectivity index is 2.87. The number of hydrogen-bond donors (Lipinski definition) is 0. The molecule has 0 bridgehead atoms. The van der Waals surface area contributed by atoms with E-state index >= 15 is 0 Å². The van der Waals surface area contributed by atoms with Gasteiger partial charge in [-0.1, -0.05) is 6.07 Å². The largest absolute Gasteiger partial charge is 0.486 e. The molecular formula is C11H11NO3. The van der Waals surface area contributed by atoms with Gasteiger partial charge in [0.2, 0.25) is 0 Å². The quantitative estimate of drug-likeness (QED) is 0.328. The molecule has 1 rings (SSSR count). The third-order valence-corrected chi connectivity index (χ3v) is 1.82. The molecule has 0 aliphatic rings. The van der Waals surface area contributed by atoms with E-state index in [9.17, 15) is 10.1 Å². The molecule has 0 aromatic heterocycles. The lowest BCUT2D eigenvalue weighted by Gasteiger charge is -2.05. The number of nitro groups is 1. The van der Waals surface area contributed by atoms with E-state index in [0.717, 1.165) is 5.56 Å². The smallest absolute Gasteiger partial charge is 0.311 e. The second kappa shape index (κ2) is 5.01. The molecule has 0 atom stereocenters. The van der Waals surface area contributed by atoms with E-state index < -0.39 is 4.92 Å². The highest BCUT2D eigenvalue weighted by Gasteiger charge is 2.14. The Morgan fingerprint density at radius 1 is 1.60 bits per heavy atom. The van der Waals surface area contributed by atoms with Crippen molar-refractivity contribution in [3.63, 3.8) is 0 Å². The van der Waals surface area contributed by atoms with Gasteiger partial charge in [-0.25, -0.2) is 0 Å². The Morgan fingerprint density at radius 2 is 2.33 bits per heavy atom. The van der Waals surface area contributed by atoms with E-state index in [4.69, 9.17) is 11.2 Å². The summed E-state index contributed by atoms with van der Waals surface area (Å²) in [6, 6.07) is 4.83. The van der Waals surface area contributed by atoms with Crippen LogP contribution >= 0.6 is 0 Å². The van der Waals surface area contributed by atoms with Crippen LogP contribution in [0, 0.1) is 29.4 Å². The van der Waals surface area contributed by atoms with Crippen molar-refractivity contribution in [1.82, 2.24) is 0 Å². The summed E-state index contributed by atoms with van der Waals surface area (Å²) in [6.45, 7) is 2.08. The fourth-order valence-electron chi connectivity index (χ4n) is 1.11. The minimum Gasteiger partial charge on any atom is -0.486 e. The third-order valence-electron chi connectivity index (χ3n) is 1.82.